The Labute approximate surface area is 171 Å². The molecule has 1 unspecified atom stereocenters. The van der Waals surface area contributed by atoms with Crippen molar-refractivity contribution >= 4 is 22.5 Å². The van der Waals surface area contributed by atoms with Crippen molar-refractivity contribution in [2.75, 3.05) is 26.6 Å². The van der Waals surface area contributed by atoms with Gasteiger partial charge >= 0.3 is 5.63 Å². The molecule has 30 heavy (non-hydrogen) atoms. The lowest BCUT2D eigenvalue weighted by Gasteiger charge is -2.28. The summed E-state index contributed by atoms with van der Waals surface area (Å²) in [5, 5.41) is 11.3. The van der Waals surface area contributed by atoms with Crippen LogP contribution in [-0.4, -0.2) is 31.5 Å². The van der Waals surface area contributed by atoms with Gasteiger partial charge in [-0.15, -0.1) is 0 Å². The summed E-state index contributed by atoms with van der Waals surface area (Å²) in [5.41, 5.74) is 2.78. The molecule has 3 heterocycles. The fourth-order valence-corrected chi connectivity index (χ4v) is 4.06. The molecular formula is C22H19N3O5. The summed E-state index contributed by atoms with van der Waals surface area (Å²) >= 11 is 0. The molecule has 0 spiro atoms. The zero-order valence-electron chi connectivity index (χ0n) is 16.6. The number of H-pyrrole nitrogens is 1. The van der Waals surface area contributed by atoms with Crippen molar-refractivity contribution in [1.29, 1.82) is 0 Å². The average molecular weight is 405 g/mol. The first-order valence-electron chi connectivity index (χ1n) is 9.32. The van der Waals surface area contributed by atoms with Gasteiger partial charge in [0.25, 0.3) is 0 Å². The van der Waals surface area contributed by atoms with Gasteiger partial charge in [0.15, 0.2) is 11.5 Å². The molecule has 0 radical (unpaired) electrons. The van der Waals surface area contributed by atoms with E-state index in [-0.39, 0.29) is 0 Å². The Kier molecular flexibility index (Phi) is 4.13. The van der Waals surface area contributed by atoms with Crippen LogP contribution in [0.15, 0.2) is 51.8 Å². The topological polar surface area (TPSA) is 98.6 Å². The number of anilines is 2. The summed E-state index contributed by atoms with van der Waals surface area (Å²) in [6, 6.07) is 11.0. The van der Waals surface area contributed by atoms with E-state index in [0.717, 1.165) is 16.5 Å². The van der Waals surface area contributed by atoms with Gasteiger partial charge in [0.05, 0.1) is 44.7 Å². The third-order valence-electron chi connectivity index (χ3n) is 5.41. The lowest BCUT2D eigenvalue weighted by atomic mass is 9.82. The molecule has 0 saturated heterocycles. The normalized spacial score (nSPS) is 14.6. The van der Waals surface area contributed by atoms with Crippen molar-refractivity contribution in [1.82, 2.24) is 10.2 Å². The molecule has 2 aromatic carbocycles. The molecule has 1 aliphatic rings. The minimum atomic E-state index is -0.481. The average Bonchev–Trinajstić information content (AvgIpc) is 3.25. The Hall–Kier alpha value is -3.94. The number of aromatic nitrogens is 2. The number of ether oxygens (including phenoxy) is 3. The highest BCUT2D eigenvalue weighted by atomic mass is 16.5. The SMILES string of the molecule is COc1cc(OC)c(C2c3cn[nH]c3Nc3c2c(=O)oc2ccccc32)cc1OC. The van der Waals surface area contributed by atoms with Crippen LogP contribution in [0.1, 0.15) is 22.6 Å². The predicted octanol–water partition coefficient (Wildman–Crippen LogP) is 3.78. The number of benzene rings is 2. The minimum Gasteiger partial charge on any atom is -0.496 e. The monoisotopic (exact) mass is 405 g/mol. The largest absolute Gasteiger partial charge is 0.496 e. The van der Waals surface area contributed by atoms with Gasteiger partial charge in [0.2, 0.25) is 0 Å². The highest BCUT2D eigenvalue weighted by molar-refractivity contribution is 5.95. The molecule has 5 rings (SSSR count). The maximum atomic E-state index is 13.1. The molecule has 0 bridgehead atoms. The van der Waals surface area contributed by atoms with E-state index in [1.165, 1.54) is 0 Å². The second kappa shape index (κ2) is 6.84. The predicted molar refractivity (Wildman–Crippen MR) is 111 cm³/mol. The quantitative estimate of drug-likeness (QED) is 0.439. The number of nitrogens with one attached hydrogen (secondary N) is 2. The molecular weight excluding hydrogens is 386 g/mol. The molecule has 0 aliphatic carbocycles. The van der Waals surface area contributed by atoms with Crippen LogP contribution in [0.4, 0.5) is 11.5 Å². The number of hydrogen-bond donors (Lipinski definition) is 2. The van der Waals surface area contributed by atoms with Crippen molar-refractivity contribution in [3.63, 3.8) is 0 Å². The highest BCUT2D eigenvalue weighted by Crippen LogP contribution is 2.49. The van der Waals surface area contributed by atoms with Crippen LogP contribution < -0.4 is 25.2 Å². The maximum absolute atomic E-state index is 13.1. The third-order valence-corrected chi connectivity index (χ3v) is 5.41. The number of methoxy groups -OCH3 is 3. The van der Waals surface area contributed by atoms with E-state index >= 15 is 0 Å². The summed E-state index contributed by atoms with van der Waals surface area (Å²) in [6.07, 6.45) is 1.70. The molecule has 0 amide bonds. The Bertz CT molecular complexity index is 1320. The number of para-hydroxylation sites is 1. The summed E-state index contributed by atoms with van der Waals surface area (Å²) in [4.78, 5) is 13.1. The van der Waals surface area contributed by atoms with Crippen molar-refractivity contribution in [2.24, 2.45) is 0 Å². The number of nitrogens with zero attached hydrogens (tertiary/aromatic N) is 1. The van der Waals surface area contributed by atoms with Gasteiger partial charge in [-0.25, -0.2) is 4.79 Å². The van der Waals surface area contributed by atoms with Crippen molar-refractivity contribution in [3.05, 3.63) is 69.7 Å². The molecule has 0 fully saturated rings. The molecule has 152 valence electrons. The van der Waals surface area contributed by atoms with E-state index in [1.807, 2.05) is 24.3 Å². The summed E-state index contributed by atoms with van der Waals surface area (Å²) in [6.45, 7) is 0. The van der Waals surface area contributed by atoms with Crippen molar-refractivity contribution in [3.8, 4) is 17.2 Å². The van der Waals surface area contributed by atoms with Crippen molar-refractivity contribution in [2.45, 2.75) is 5.92 Å². The highest BCUT2D eigenvalue weighted by Gasteiger charge is 2.35. The zero-order valence-corrected chi connectivity index (χ0v) is 16.6. The Morgan fingerprint density at radius 1 is 0.967 bits per heavy atom. The van der Waals surface area contributed by atoms with Crippen molar-refractivity contribution < 1.29 is 18.6 Å². The number of rotatable bonds is 4. The summed E-state index contributed by atoms with van der Waals surface area (Å²) in [7, 11) is 4.70. The lowest BCUT2D eigenvalue weighted by molar-refractivity contribution is 0.347. The molecule has 8 nitrogen and oxygen atoms in total. The Morgan fingerprint density at radius 3 is 2.47 bits per heavy atom. The van der Waals surface area contributed by atoms with Crippen LogP contribution in [0.25, 0.3) is 11.0 Å². The van der Waals surface area contributed by atoms with Crippen LogP contribution in [0, 0.1) is 0 Å². The van der Waals surface area contributed by atoms with E-state index in [1.54, 1.807) is 39.7 Å². The summed E-state index contributed by atoms with van der Waals surface area (Å²) < 4.78 is 22.2. The van der Waals surface area contributed by atoms with Crippen LogP contribution in [-0.2, 0) is 0 Å². The van der Waals surface area contributed by atoms with Gasteiger partial charge in [0.1, 0.15) is 17.2 Å². The van der Waals surface area contributed by atoms with E-state index in [2.05, 4.69) is 15.5 Å². The third kappa shape index (κ3) is 2.53. The number of fused-ring (bicyclic) bond motifs is 4. The maximum Gasteiger partial charge on any atom is 0.342 e. The number of hydrogen-bond acceptors (Lipinski definition) is 7. The van der Waals surface area contributed by atoms with Gasteiger partial charge in [-0.3, -0.25) is 5.10 Å². The number of aromatic amines is 1. The minimum absolute atomic E-state index is 0.426. The Morgan fingerprint density at radius 2 is 1.70 bits per heavy atom. The first kappa shape index (κ1) is 18.1. The molecule has 8 heteroatoms. The Balaban J connectivity index is 1.86. The van der Waals surface area contributed by atoms with Crippen LogP contribution >= 0.6 is 0 Å². The van der Waals surface area contributed by atoms with E-state index in [4.69, 9.17) is 18.6 Å². The van der Waals surface area contributed by atoms with E-state index in [9.17, 15) is 4.79 Å². The van der Waals surface area contributed by atoms with Gasteiger partial charge in [-0.1, -0.05) is 12.1 Å². The van der Waals surface area contributed by atoms with Crippen LogP contribution in [0.5, 0.6) is 17.2 Å². The first-order chi connectivity index (χ1) is 14.7. The smallest absolute Gasteiger partial charge is 0.342 e. The second-order valence-electron chi connectivity index (χ2n) is 6.88. The molecule has 1 atom stereocenters. The zero-order chi connectivity index (χ0) is 20.8. The van der Waals surface area contributed by atoms with Gasteiger partial charge in [-0.05, 0) is 18.2 Å². The molecule has 0 saturated carbocycles. The van der Waals surface area contributed by atoms with E-state index in [0.29, 0.717) is 39.9 Å². The lowest BCUT2D eigenvalue weighted by Crippen LogP contribution is -2.22. The van der Waals surface area contributed by atoms with Gasteiger partial charge in [-0.2, -0.15) is 5.10 Å². The standard InChI is InChI=1S/C22H19N3O5/c1-27-15-9-17(29-3)16(28-2)8-12(15)18-13-10-23-25-21(13)24-20-11-6-4-5-7-14(11)30-22(26)19(18)20/h4-10,18H,1-3H3,(H2,23,24,25). The molecule has 4 aromatic rings. The fraction of sp³-hybridized carbons (Fsp3) is 0.182. The van der Waals surface area contributed by atoms with Gasteiger partial charge < -0.3 is 23.9 Å². The van der Waals surface area contributed by atoms with Crippen LogP contribution in [0.2, 0.25) is 0 Å². The van der Waals surface area contributed by atoms with E-state index < -0.39 is 11.5 Å². The fourth-order valence-electron chi connectivity index (χ4n) is 4.06. The van der Waals surface area contributed by atoms with Gasteiger partial charge in [0, 0.05) is 22.6 Å². The molecule has 1 aliphatic heterocycles. The first-order valence-corrected chi connectivity index (χ1v) is 9.32. The van der Waals surface area contributed by atoms with Crippen LogP contribution in [0.3, 0.4) is 0 Å². The second-order valence-corrected chi connectivity index (χ2v) is 6.88. The summed E-state index contributed by atoms with van der Waals surface area (Å²) in [5.74, 6) is 1.85. The molecule has 2 aromatic heterocycles. The molecule has 2 N–H and O–H groups in total.